The van der Waals surface area contributed by atoms with Crippen LogP contribution < -0.4 is 10.1 Å². The Morgan fingerprint density at radius 3 is 2.25 bits per heavy atom. The van der Waals surface area contributed by atoms with Gasteiger partial charge in [0.2, 0.25) is 0 Å². The van der Waals surface area contributed by atoms with E-state index >= 15 is 0 Å². The Balaban J connectivity index is 2.07. The maximum Gasteiger partial charge on any atom is 0.573 e. The fourth-order valence-corrected chi connectivity index (χ4v) is 1.63. The molecule has 0 bridgehead atoms. The molecule has 0 spiro atoms. The number of hydrogen-bond donors (Lipinski definition) is 1. The first-order valence-electron chi connectivity index (χ1n) is 5.77. The topological polar surface area (TPSA) is 21.3 Å². The van der Waals surface area contributed by atoms with Crippen LogP contribution in [0.15, 0.2) is 48.5 Å². The highest BCUT2D eigenvalue weighted by atomic mass is 19.4. The summed E-state index contributed by atoms with van der Waals surface area (Å²) >= 11 is 0. The summed E-state index contributed by atoms with van der Waals surface area (Å²) in [4.78, 5) is 0. The number of para-hydroxylation sites is 2. The molecule has 20 heavy (non-hydrogen) atoms. The van der Waals surface area contributed by atoms with E-state index in [2.05, 4.69) is 10.1 Å². The van der Waals surface area contributed by atoms with Crippen molar-refractivity contribution in [3.05, 3.63) is 59.9 Å². The van der Waals surface area contributed by atoms with Crippen LogP contribution in [0.4, 0.5) is 23.2 Å². The molecule has 0 amide bonds. The summed E-state index contributed by atoms with van der Waals surface area (Å²) < 4.78 is 53.4. The highest BCUT2D eigenvalue weighted by molar-refractivity contribution is 5.56. The van der Waals surface area contributed by atoms with Gasteiger partial charge in [0.25, 0.3) is 0 Å². The minimum absolute atomic E-state index is 0.217. The lowest BCUT2D eigenvalue weighted by Gasteiger charge is -2.14. The molecule has 0 saturated heterocycles. The van der Waals surface area contributed by atoms with Gasteiger partial charge in [0, 0.05) is 6.54 Å². The average molecular weight is 285 g/mol. The van der Waals surface area contributed by atoms with Crippen molar-refractivity contribution in [2.45, 2.75) is 12.9 Å². The van der Waals surface area contributed by atoms with Crippen molar-refractivity contribution >= 4 is 5.69 Å². The number of hydrogen-bond acceptors (Lipinski definition) is 2. The van der Waals surface area contributed by atoms with Crippen LogP contribution in [0, 0.1) is 5.82 Å². The molecule has 0 aliphatic heterocycles. The highest BCUT2D eigenvalue weighted by Crippen LogP contribution is 2.30. The third-order valence-electron chi connectivity index (χ3n) is 2.51. The first-order chi connectivity index (χ1) is 9.44. The molecule has 0 aliphatic rings. The summed E-state index contributed by atoms with van der Waals surface area (Å²) in [5, 5.41) is 2.82. The zero-order valence-electron chi connectivity index (χ0n) is 10.2. The molecule has 0 atom stereocenters. The molecule has 1 N–H and O–H groups in total. The monoisotopic (exact) mass is 285 g/mol. The molecule has 0 saturated carbocycles. The van der Waals surface area contributed by atoms with Gasteiger partial charge in [-0.15, -0.1) is 13.2 Å². The normalized spacial score (nSPS) is 11.2. The zero-order chi connectivity index (χ0) is 14.6. The van der Waals surface area contributed by atoms with Crippen molar-refractivity contribution in [3.8, 4) is 5.75 Å². The van der Waals surface area contributed by atoms with Gasteiger partial charge in [-0.2, -0.15) is 0 Å². The molecular formula is C14H11F4NO. The van der Waals surface area contributed by atoms with E-state index in [0.29, 0.717) is 0 Å². The molecule has 0 radical (unpaired) electrons. The van der Waals surface area contributed by atoms with Crippen molar-refractivity contribution in [2.75, 3.05) is 5.32 Å². The number of halogens is 4. The number of anilines is 1. The van der Waals surface area contributed by atoms with Crippen molar-refractivity contribution < 1.29 is 22.3 Å². The van der Waals surface area contributed by atoms with Crippen LogP contribution in [0.1, 0.15) is 5.56 Å². The average Bonchev–Trinajstić information content (AvgIpc) is 2.38. The second-order valence-electron chi connectivity index (χ2n) is 4.02. The number of nitrogens with one attached hydrogen (secondary N) is 1. The van der Waals surface area contributed by atoms with Gasteiger partial charge in [0.1, 0.15) is 5.82 Å². The summed E-state index contributed by atoms with van der Waals surface area (Å²) in [6.07, 6.45) is -4.74. The number of alkyl halides is 3. The van der Waals surface area contributed by atoms with Crippen molar-refractivity contribution in [2.24, 2.45) is 0 Å². The van der Waals surface area contributed by atoms with Crippen LogP contribution in [-0.4, -0.2) is 6.36 Å². The van der Waals surface area contributed by atoms with Crippen molar-refractivity contribution in [3.63, 3.8) is 0 Å². The molecule has 0 aromatic heterocycles. The standard InChI is InChI=1S/C14H11F4NO/c15-11-7-5-10(6-8-11)9-19-12-3-1-2-4-13(12)20-14(16,17)18/h1-8,19H,9H2. The molecule has 0 aliphatic carbocycles. The van der Waals surface area contributed by atoms with Crippen molar-refractivity contribution in [1.82, 2.24) is 0 Å². The summed E-state index contributed by atoms with van der Waals surface area (Å²) in [6, 6.07) is 11.4. The van der Waals surface area contributed by atoms with Gasteiger partial charge in [-0.25, -0.2) is 4.39 Å². The van der Waals surface area contributed by atoms with E-state index in [1.165, 1.54) is 30.3 Å². The quantitative estimate of drug-likeness (QED) is 0.844. The van der Waals surface area contributed by atoms with Gasteiger partial charge in [0.05, 0.1) is 5.69 Å². The number of ether oxygens (including phenoxy) is 1. The fraction of sp³-hybridized carbons (Fsp3) is 0.143. The smallest absolute Gasteiger partial charge is 0.404 e. The molecule has 0 heterocycles. The Hall–Kier alpha value is -2.24. The summed E-state index contributed by atoms with van der Waals surface area (Å²) in [5.41, 5.74) is 0.961. The van der Waals surface area contributed by atoms with Crippen LogP contribution >= 0.6 is 0 Å². The second-order valence-corrected chi connectivity index (χ2v) is 4.02. The lowest BCUT2D eigenvalue weighted by Crippen LogP contribution is -2.18. The largest absolute Gasteiger partial charge is 0.573 e. The zero-order valence-corrected chi connectivity index (χ0v) is 10.2. The molecular weight excluding hydrogens is 274 g/mol. The molecule has 106 valence electrons. The minimum Gasteiger partial charge on any atom is -0.404 e. The molecule has 2 nitrogen and oxygen atoms in total. The van der Waals surface area contributed by atoms with Crippen LogP contribution in [0.25, 0.3) is 0 Å². The maximum absolute atomic E-state index is 12.7. The maximum atomic E-state index is 12.7. The lowest BCUT2D eigenvalue weighted by atomic mass is 10.2. The predicted octanol–water partition coefficient (Wildman–Crippen LogP) is 4.34. The Kier molecular flexibility index (Phi) is 4.12. The Morgan fingerprint density at radius 2 is 1.60 bits per heavy atom. The van der Waals surface area contributed by atoms with Crippen molar-refractivity contribution in [1.29, 1.82) is 0 Å². The summed E-state index contributed by atoms with van der Waals surface area (Å²) in [5.74, 6) is -0.670. The molecule has 6 heteroatoms. The third kappa shape index (κ3) is 4.15. The number of benzene rings is 2. The Labute approximate surface area is 113 Å². The summed E-state index contributed by atoms with van der Waals surface area (Å²) in [7, 11) is 0. The third-order valence-corrected chi connectivity index (χ3v) is 2.51. The van der Waals surface area contributed by atoms with Crippen LogP contribution in [0.2, 0.25) is 0 Å². The van der Waals surface area contributed by atoms with E-state index in [1.807, 2.05) is 0 Å². The van der Waals surface area contributed by atoms with Gasteiger partial charge >= 0.3 is 6.36 Å². The van der Waals surface area contributed by atoms with E-state index in [4.69, 9.17) is 0 Å². The van der Waals surface area contributed by atoms with E-state index in [-0.39, 0.29) is 23.8 Å². The van der Waals surface area contributed by atoms with Gasteiger partial charge < -0.3 is 10.1 Å². The molecule has 2 rings (SSSR count). The van der Waals surface area contributed by atoms with Crippen LogP contribution in [0.3, 0.4) is 0 Å². The van der Waals surface area contributed by atoms with E-state index in [1.54, 1.807) is 18.2 Å². The van der Waals surface area contributed by atoms with E-state index in [0.717, 1.165) is 5.56 Å². The van der Waals surface area contributed by atoms with Gasteiger partial charge in [-0.1, -0.05) is 24.3 Å². The molecule has 0 unspecified atom stereocenters. The Bertz CT molecular complexity index is 566. The van der Waals surface area contributed by atoms with Crippen LogP contribution in [0.5, 0.6) is 5.75 Å². The second kappa shape index (κ2) is 5.81. The van der Waals surface area contributed by atoms with E-state index < -0.39 is 6.36 Å². The van der Waals surface area contributed by atoms with Crippen LogP contribution in [-0.2, 0) is 6.54 Å². The van der Waals surface area contributed by atoms with Gasteiger partial charge in [-0.05, 0) is 29.8 Å². The molecule has 2 aromatic carbocycles. The van der Waals surface area contributed by atoms with Gasteiger partial charge in [0.15, 0.2) is 5.75 Å². The van der Waals surface area contributed by atoms with Gasteiger partial charge in [-0.3, -0.25) is 0 Å². The van der Waals surface area contributed by atoms with E-state index in [9.17, 15) is 17.6 Å². The highest BCUT2D eigenvalue weighted by Gasteiger charge is 2.32. The number of rotatable bonds is 4. The first kappa shape index (κ1) is 14.2. The fourth-order valence-electron chi connectivity index (χ4n) is 1.63. The lowest BCUT2D eigenvalue weighted by molar-refractivity contribution is -0.274. The summed E-state index contributed by atoms with van der Waals surface area (Å²) in [6.45, 7) is 0.262. The molecule has 2 aromatic rings. The first-order valence-corrected chi connectivity index (χ1v) is 5.77. The molecule has 0 fully saturated rings. The minimum atomic E-state index is -4.74. The SMILES string of the molecule is Fc1ccc(CNc2ccccc2OC(F)(F)F)cc1. The Morgan fingerprint density at radius 1 is 0.950 bits per heavy atom. The predicted molar refractivity (Wildman–Crippen MR) is 66.9 cm³/mol.